The molecule has 1 aliphatic carbocycles. The van der Waals surface area contributed by atoms with Gasteiger partial charge in [-0.2, -0.15) is 0 Å². The van der Waals surface area contributed by atoms with E-state index in [1.807, 2.05) is 78.9 Å². The van der Waals surface area contributed by atoms with Crippen molar-refractivity contribution in [3.05, 3.63) is 107 Å². The molecule has 4 aromatic rings. The highest BCUT2D eigenvalue weighted by atomic mass is 16.3. The fourth-order valence-electron chi connectivity index (χ4n) is 4.35. The Bertz CT molecular complexity index is 1320. The summed E-state index contributed by atoms with van der Waals surface area (Å²) in [6, 6.07) is 24.9. The van der Waals surface area contributed by atoms with Crippen molar-refractivity contribution in [1.82, 2.24) is 9.97 Å². The minimum Gasteiger partial charge on any atom is -0.399 e. The lowest BCUT2D eigenvalue weighted by molar-refractivity contribution is -0.116. The van der Waals surface area contributed by atoms with Gasteiger partial charge in [0.25, 0.3) is 0 Å². The summed E-state index contributed by atoms with van der Waals surface area (Å²) in [5.41, 5.74) is 12.4. The van der Waals surface area contributed by atoms with Crippen LogP contribution in [0.4, 0.5) is 11.5 Å². The summed E-state index contributed by atoms with van der Waals surface area (Å²) < 4.78 is 0. The largest absolute Gasteiger partial charge is 0.399 e. The number of aromatic nitrogens is 2. The number of hydrogen-bond acceptors (Lipinski definition) is 5. The third kappa shape index (κ3) is 4.54. The summed E-state index contributed by atoms with van der Waals surface area (Å²) >= 11 is 0. The summed E-state index contributed by atoms with van der Waals surface area (Å²) in [6.07, 6.45) is 1.39. The van der Waals surface area contributed by atoms with Crippen LogP contribution in [0, 0.1) is 0 Å². The first-order valence-corrected chi connectivity index (χ1v) is 11.4. The number of aryl methyl sites for hydroxylation is 3. The van der Waals surface area contributed by atoms with Gasteiger partial charge in [0.15, 0.2) is 5.82 Å². The van der Waals surface area contributed by atoms with E-state index in [-0.39, 0.29) is 5.91 Å². The van der Waals surface area contributed by atoms with Crippen LogP contribution in [0.15, 0.2) is 78.9 Å². The second-order valence-corrected chi connectivity index (χ2v) is 8.52. The fourth-order valence-corrected chi connectivity index (χ4v) is 4.35. The molecule has 0 fully saturated rings. The number of anilines is 2. The van der Waals surface area contributed by atoms with Gasteiger partial charge in [-0.15, -0.1) is 0 Å². The Labute approximate surface area is 198 Å². The van der Waals surface area contributed by atoms with Crippen molar-refractivity contribution in [2.24, 2.45) is 0 Å². The molecule has 1 unspecified atom stereocenters. The molecule has 5 rings (SSSR count). The maximum absolute atomic E-state index is 12.8. The van der Waals surface area contributed by atoms with Gasteiger partial charge in [0.2, 0.25) is 5.91 Å². The average molecular weight is 451 g/mol. The number of hydrogen-bond donors (Lipinski definition) is 3. The molecule has 1 aromatic heterocycles. The zero-order valence-corrected chi connectivity index (χ0v) is 18.7. The molecule has 6 nitrogen and oxygen atoms in total. The Kier molecular flexibility index (Phi) is 6.06. The highest BCUT2D eigenvalue weighted by Crippen LogP contribution is 2.36. The highest BCUT2D eigenvalue weighted by molar-refractivity contribution is 5.91. The van der Waals surface area contributed by atoms with Crippen molar-refractivity contribution >= 4 is 17.4 Å². The molecule has 0 saturated carbocycles. The Morgan fingerprint density at radius 2 is 1.71 bits per heavy atom. The minimum atomic E-state index is -1.03. The van der Waals surface area contributed by atoms with Gasteiger partial charge in [-0.05, 0) is 48.1 Å². The van der Waals surface area contributed by atoms with Crippen LogP contribution in [0.25, 0.3) is 11.3 Å². The van der Waals surface area contributed by atoms with Crippen molar-refractivity contribution in [1.29, 1.82) is 0 Å². The Morgan fingerprint density at radius 1 is 0.971 bits per heavy atom. The molecule has 0 radical (unpaired) electrons. The van der Waals surface area contributed by atoms with E-state index in [9.17, 15) is 9.90 Å². The molecule has 0 bridgehead atoms. The molecule has 6 heteroatoms. The van der Waals surface area contributed by atoms with Gasteiger partial charge in [-0.25, -0.2) is 9.97 Å². The molecular weight excluding hydrogens is 424 g/mol. The molecule has 1 aliphatic rings. The van der Waals surface area contributed by atoms with Gasteiger partial charge in [-0.3, -0.25) is 4.79 Å². The van der Waals surface area contributed by atoms with Crippen LogP contribution in [0.1, 0.15) is 40.6 Å². The summed E-state index contributed by atoms with van der Waals surface area (Å²) in [7, 11) is 0. The first-order chi connectivity index (χ1) is 16.6. The second-order valence-electron chi connectivity index (χ2n) is 8.52. The SMILES string of the molecule is Nc1ccc2c(c1)CCc1nc(NC(=O)CCc3ccccc3)c(C(O)c3ccccc3)nc1-2. The number of carbonyl (C=O) groups is 1. The van der Waals surface area contributed by atoms with Gasteiger partial charge < -0.3 is 16.2 Å². The number of amides is 1. The number of rotatable bonds is 6. The van der Waals surface area contributed by atoms with Gasteiger partial charge in [-0.1, -0.05) is 66.7 Å². The van der Waals surface area contributed by atoms with E-state index in [0.29, 0.717) is 42.0 Å². The molecule has 0 spiro atoms. The molecule has 1 atom stereocenters. The predicted octanol–water partition coefficient (Wildman–Crippen LogP) is 4.48. The van der Waals surface area contributed by atoms with Gasteiger partial charge in [0, 0.05) is 17.7 Å². The van der Waals surface area contributed by atoms with Crippen molar-refractivity contribution in [2.75, 3.05) is 11.1 Å². The summed E-state index contributed by atoms with van der Waals surface area (Å²) in [5, 5.41) is 14.1. The predicted molar refractivity (Wildman–Crippen MR) is 133 cm³/mol. The van der Waals surface area contributed by atoms with Crippen molar-refractivity contribution in [3.8, 4) is 11.3 Å². The number of aliphatic hydroxyl groups excluding tert-OH is 1. The van der Waals surface area contributed by atoms with Crippen LogP contribution >= 0.6 is 0 Å². The number of carbonyl (C=O) groups excluding carboxylic acids is 1. The quantitative estimate of drug-likeness (QED) is 0.376. The van der Waals surface area contributed by atoms with E-state index < -0.39 is 6.10 Å². The molecule has 170 valence electrons. The topological polar surface area (TPSA) is 101 Å². The summed E-state index contributed by atoms with van der Waals surface area (Å²) in [5.74, 6) is 0.149. The lowest BCUT2D eigenvalue weighted by Gasteiger charge is -2.23. The van der Waals surface area contributed by atoms with E-state index >= 15 is 0 Å². The maximum atomic E-state index is 12.8. The lowest BCUT2D eigenvalue weighted by Crippen LogP contribution is -2.20. The summed E-state index contributed by atoms with van der Waals surface area (Å²) in [4.78, 5) is 22.5. The molecule has 1 heterocycles. The van der Waals surface area contributed by atoms with Gasteiger partial charge in [0.1, 0.15) is 11.8 Å². The molecule has 4 N–H and O–H groups in total. The van der Waals surface area contributed by atoms with E-state index in [1.165, 1.54) is 0 Å². The number of benzene rings is 3. The van der Waals surface area contributed by atoms with E-state index in [2.05, 4.69) is 5.32 Å². The number of fused-ring (bicyclic) bond motifs is 3. The minimum absolute atomic E-state index is 0.163. The molecule has 1 amide bonds. The van der Waals surface area contributed by atoms with Crippen LogP contribution < -0.4 is 11.1 Å². The zero-order chi connectivity index (χ0) is 23.5. The fraction of sp³-hybridized carbons (Fsp3) is 0.179. The normalized spacial score (nSPS) is 13.0. The second kappa shape index (κ2) is 9.45. The monoisotopic (exact) mass is 450 g/mol. The van der Waals surface area contributed by atoms with Crippen LogP contribution in [0.2, 0.25) is 0 Å². The van der Waals surface area contributed by atoms with E-state index in [0.717, 1.165) is 34.5 Å². The van der Waals surface area contributed by atoms with Crippen molar-refractivity contribution in [3.63, 3.8) is 0 Å². The van der Waals surface area contributed by atoms with Crippen LogP contribution in [-0.4, -0.2) is 21.0 Å². The van der Waals surface area contributed by atoms with Crippen LogP contribution in [0.3, 0.4) is 0 Å². The molecular formula is C28H26N4O2. The first-order valence-electron chi connectivity index (χ1n) is 11.4. The number of nitrogens with zero attached hydrogens (tertiary/aromatic N) is 2. The van der Waals surface area contributed by atoms with Crippen LogP contribution in [-0.2, 0) is 24.1 Å². The third-order valence-electron chi connectivity index (χ3n) is 6.13. The summed E-state index contributed by atoms with van der Waals surface area (Å²) in [6.45, 7) is 0. The zero-order valence-electron chi connectivity index (χ0n) is 18.7. The van der Waals surface area contributed by atoms with Crippen molar-refractivity contribution in [2.45, 2.75) is 31.8 Å². The number of nitrogen functional groups attached to an aromatic ring is 1. The Morgan fingerprint density at radius 3 is 2.47 bits per heavy atom. The third-order valence-corrected chi connectivity index (χ3v) is 6.13. The first kappa shape index (κ1) is 21.8. The molecule has 3 aromatic carbocycles. The van der Waals surface area contributed by atoms with Gasteiger partial charge in [0.05, 0.1) is 11.4 Å². The number of nitrogens with two attached hydrogens (primary N) is 1. The highest BCUT2D eigenvalue weighted by Gasteiger charge is 2.26. The van der Waals surface area contributed by atoms with E-state index in [1.54, 1.807) is 0 Å². The van der Waals surface area contributed by atoms with Crippen molar-refractivity contribution < 1.29 is 9.90 Å². The lowest BCUT2D eigenvalue weighted by atomic mass is 9.91. The molecule has 0 saturated heterocycles. The Hall–Kier alpha value is -4.03. The maximum Gasteiger partial charge on any atom is 0.225 e. The standard InChI is InChI=1S/C28H26N4O2/c29-21-13-14-22-20(17-21)12-15-23-25(22)32-26(27(34)19-9-5-2-6-10-19)28(30-23)31-24(33)16-11-18-7-3-1-4-8-18/h1-10,13-14,17,27,34H,11-12,15-16,29H2,(H,30,31,33). The average Bonchev–Trinajstić information content (AvgIpc) is 2.87. The number of nitrogens with one attached hydrogen (secondary N) is 1. The smallest absolute Gasteiger partial charge is 0.225 e. The number of aliphatic hydroxyl groups is 1. The molecule has 34 heavy (non-hydrogen) atoms. The van der Waals surface area contributed by atoms with E-state index in [4.69, 9.17) is 15.7 Å². The Balaban J connectivity index is 1.50. The van der Waals surface area contributed by atoms with Crippen LogP contribution in [0.5, 0.6) is 0 Å². The van der Waals surface area contributed by atoms with Gasteiger partial charge >= 0.3 is 0 Å². The molecule has 0 aliphatic heterocycles.